The van der Waals surface area contributed by atoms with Crippen LogP contribution in [0.1, 0.15) is 47.9 Å². The van der Waals surface area contributed by atoms with E-state index < -0.39 is 23.1 Å². The summed E-state index contributed by atoms with van der Waals surface area (Å²) in [5.41, 5.74) is -1.24. The molecule has 30 heavy (non-hydrogen) atoms. The van der Waals surface area contributed by atoms with Gasteiger partial charge >= 0.3 is 6.18 Å². The summed E-state index contributed by atoms with van der Waals surface area (Å²) >= 11 is 0. The molecular formula is C21H23F3N4O2. The van der Waals surface area contributed by atoms with Gasteiger partial charge in [-0.05, 0) is 51.3 Å². The van der Waals surface area contributed by atoms with E-state index in [1.54, 1.807) is 6.92 Å². The molecule has 2 atom stereocenters. The number of aromatic nitrogens is 2. The normalized spacial score (nSPS) is 22.3. The average Bonchev–Trinajstić information content (AvgIpc) is 3.44. The molecule has 1 aliphatic heterocycles. The van der Waals surface area contributed by atoms with Crippen molar-refractivity contribution < 1.29 is 18.0 Å². The molecule has 1 aliphatic carbocycles. The van der Waals surface area contributed by atoms with Crippen molar-refractivity contribution in [2.75, 3.05) is 6.54 Å². The van der Waals surface area contributed by atoms with Crippen LogP contribution in [0.4, 0.5) is 13.2 Å². The molecule has 2 aromatic rings. The van der Waals surface area contributed by atoms with Gasteiger partial charge in [0, 0.05) is 36.4 Å². The van der Waals surface area contributed by atoms with Crippen LogP contribution in [0.25, 0.3) is 5.69 Å². The van der Waals surface area contributed by atoms with Crippen LogP contribution in [0.2, 0.25) is 0 Å². The Morgan fingerprint density at radius 3 is 2.63 bits per heavy atom. The van der Waals surface area contributed by atoms with Crippen LogP contribution < -0.4 is 10.7 Å². The third-order valence-electron chi connectivity index (χ3n) is 5.71. The minimum absolute atomic E-state index is 0.0855. The number of hydrogen-bond donors (Lipinski definition) is 1. The Morgan fingerprint density at radius 2 is 1.97 bits per heavy atom. The second kappa shape index (κ2) is 7.54. The molecule has 0 spiro atoms. The highest BCUT2D eigenvalue weighted by molar-refractivity contribution is 5.92. The summed E-state index contributed by atoms with van der Waals surface area (Å²) in [4.78, 5) is 27.5. The second-order valence-corrected chi connectivity index (χ2v) is 8.14. The number of carbonyl (C=O) groups excluding carboxylic acids is 1. The van der Waals surface area contributed by atoms with Crippen LogP contribution in [-0.2, 0) is 6.18 Å². The average molecular weight is 420 g/mol. The maximum absolute atomic E-state index is 13.1. The smallest absolute Gasteiger partial charge is 0.346 e. The van der Waals surface area contributed by atoms with Crippen molar-refractivity contribution in [1.29, 1.82) is 0 Å². The zero-order chi connectivity index (χ0) is 21.6. The molecule has 4 rings (SSSR count). The fraction of sp³-hybridized carbons (Fsp3) is 0.476. The van der Waals surface area contributed by atoms with Gasteiger partial charge in [-0.1, -0.05) is 6.07 Å². The molecule has 1 aromatic carbocycles. The first-order valence-corrected chi connectivity index (χ1v) is 9.98. The molecule has 2 aliphatic rings. The van der Waals surface area contributed by atoms with E-state index in [1.807, 2.05) is 0 Å². The number of halogens is 3. The number of nitrogens with zero attached hydrogens (tertiary/aromatic N) is 3. The third kappa shape index (κ3) is 4.12. The topological polar surface area (TPSA) is 67.2 Å². The van der Waals surface area contributed by atoms with E-state index in [2.05, 4.69) is 22.2 Å². The summed E-state index contributed by atoms with van der Waals surface area (Å²) in [5.74, 6) is -0.601. The summed E-state index contributed by atoms with van der Waals surface area (Å²) in [5, 5.41) is 6.98. The van der Waals surface area contributed by atoms with Crippen LogP contribution >= 0.6 is 0 Å². The highest BCUT2D eigenvalue weighted by atomic mass is 19.4. The van der Waals surface area contributed by atoms with Crippen molar-refractivity contribution in [1.82, 2.24) is 20.0 Å². The molecule has 0 bridgehead atoms. The summed E-state index contributed by atoms with van der Waals surface area (Å²) < 4.78 is 40.4. The fourth-order valence-electron chi connectivity index (χ4n) is 4.11. The van der Waals surface area contributed by atoms with Gasteiger partial charge in [-0.3, -0.25) is 14.5 Å². The number of hydrogen-bond acceptors (Lipinski definition) is 4. The maximum atomic E-state index is 13.1. The molecule has 1 amide bonds. The molecule has 1 saturated carbocycles. The monoisotopic (exact) mass is 420 g/mol. The largest absolute Gasteiger partial charge is 0.416 e. The van der Waals surface area contributed by atoms with Gasteiger partial charge in [0.15, 0.2) is 5.69 Å². The number of carbonyl (C=O) groups is 1. The fourth-order valence-corrected chi connectivity index (χ4v) is 4.11. The van der Waals surface area contributed by atoms with Gasteiger partial charge in [-0.25, -0.2) is 4.68 Å². The Bertz CT molecular complexity index is 1030. The minimum atomic E-state index is -4.50. The Labute approximate surface area is 171 Å². The molecule has 1 aromatic heterocycles. The van der Waals surface area contributed by atoms with E-state index in [-0.39, 0.29) is 17.4 Å². The zero-order valence-corrected chi connectivity index (χ0v) is 16.7. The van der Waals surface area contributed by atoms with E-state index in [0.717, 1.165) is 25.1 Å². The number of likely N-dealkylation sites (tertiary alicyclic amines) is 1. The predicted molar refractivity (Wildman–Crippen MR) is 105 cm³/mol. The zero-order valence-electron chi connectivity index (χ0n) is 16.7. The van der Waals surface area contributed by atoms with Gasteiger partial charge in [0.1, 0.15) is 0 Å². The van der Waals surface area contributed by atoms with Gasteiger partial charge in [0.2, 0.25) is 5.43 Å². The van der Waals surface area contributed by atoms with Crippen LogP contribution in [0.5, 0.6) is 0 Å². The predicted octanol–water partition coefficient (Wildman–Crippen LogP) is 2.91. The van der Waals surface area contributed by atoms with Gasteiger partial charge in [-0.2, -0.15) is 18.3 Å². The first-order chi connectivity index (χ1) is 14.1. The van der Waals surface area contributed by atoms with Crippen molar-refractivity contribution in [2.24, 2.45) is 0 Å². The number of nitrogens with one attached hydrogen (secondary N) is 1. The number of alkyl halides is 3. The van der Waals surface area contributed by atoms with E-state index in [1.165, 1.54) is 35.7 Å². The van der Waals surface area contributed by atoms with Gasteiger partial charge in [0.25, 0.3) is 5.91 Å². The number of benzene rings is 1. The SMILES string of the molecule is Cc1cc(=O)c(C(=O)N[C@H]2C[C@@H](C)N(C3CC3)C2)nn1-c1cccc(C(F)(F)F)c1. The Balaban J connectivity index is 1.59. The Kier molecular flexibility index (Phi) is 5.17. The van der Waals surface area contributed by atoms with Gasteiger partial charge < -0.3 is 5.32 Å². The quantitative estimate of drug-likeness (QED) is 0.826. The lowest BCUT2D eigenvalue weighted by Crippen LogP contribution is -2.40. The maximum Gasteiger partial charge on any atom is 0.416 e. The molecule has 9 heteroatoms. The Morgan fingerprint density at radius 1 is 1.23 bits per heavy atom. The minimum Gasteiger partial charge on any atom is -0.346 e. The van der Waals surface area contributed by atoms with E-state index in [0.29, 0.717) is 17.8 Å². The molecule has 0 unspecified atom stereocenters. The highest BCUT2D eigenvalue weighted by Crippen LogP contribution is 2.33. The molecule has 0 radical (unpaired) electrons. The second-order valence-electron chi connectivity index (χ2n) is 8.14. The molecule has 1 saturated heterocycles. The van der Waals surface area contributed by atoms with E-state index in [9.17, 15) is 22.8 Å². The summed E-state index contributed by atoms with van der Waals surface area (Å²) in [6.07, 6.45) is -1.37. The Hall–Kier alpha value is -2.68. The van der Waals surface area contributed by atoms with Crippen LogP contribution in [0.15, 0.2) is 35.1 Å². The molecular weight excluding hydrogens is 397 g/mol. The van der Waals surface area contributed by atoms with Crippen molar-refractivity contribution in [3.63, 3.8) is 0 Å². The number of aryl methyl sites for hydroxylation is 1. The molecule has 1 N–H and O–H groups in total. The standard InChI is InChI=1S/C21H23F3N4O2/c1-12-8-15(11-27(12)16-6-7-16)25-20(30)19-18(29)9-13(2)28(26-19)17-5-3-4-14(10-17)21(22,23)24/h3-5,9-10,12,15-16H,6-8,11H2,1-2H3,(H,25,30)/t12-,15+/m1/s1. The summed E-state index contributed by atoms with van der Waals surface area (Å²) in [6, 6.07) is 6.69. The molecule has 6 nitrogen and oxygen atoms in total. The lowest BCUT2D eigenvalue weighted by molar-refractivity contribution is -0.137. The van der Waals surface area contributed by atoms with Crippen molar-refractivity contribution in [3.05, 3.63) is 57.5 Å². The van der Waals surface area contributed by atoms with Crippen LogP contribution in [-0.4, -0.2) is 45.3 Å². The lowest BCUT2D eigenvalue weighted by atomic mass is 10.2. The van der Waals surface area contributed by atoms with Gasteiger partial charge in [-0.15, -0.1) is 0 Å². The molecule has 2 heterocycles. The molecule has 160 valence electrons. The summed E-state index contributed by atoms with van der Waals surface area (Å²) in [6.45, 7) is 4.41. The van der Waals surface area contributed by atoms with Crippen LogP contribution in [0.3, 0.4) is 0 Å². The highest BCUT2D eigenvalue weighted by Gasteiger charge is 2.39. The number of amides is 1. The first-order valence-electron chi connectivity index (χ1n) is 9.98. The third-order valence-corrected chi connectivity index (χ3v) is 5.71. The van der Waals surface area contributed by atoms with Crippen molar-refractivity contribution in [2.45, 2.75) is 57.4 Å². The van der Waals surface area contributed by atoms with Crippen molar-refractivity contribution in [3.8, 4) is 5.69 Å². The van der Waals surface area contributed by atoms with Crippen molar-refractivity contribution >= 4 is 5.91 Å². The van der Waals surface area contributed by atoms with Gasteiger partial charge in [0.05, 0.1) is 11.3 Å². The van der Waals surface area contributed by atoms with Crippen LogP contribution in [0, 0.1) is 6.92 Å². The molecule has 2 fully saturated rings. The summed E-state index contributed by atoms with van der Waals surface area (Å²) in [7, 11) is 0. The first kappa shape index (κ1) is 20.6. The lowest BCUT2D eigenvalue weighted by Gasteiger charge is -2.19. The van der Waals surface area contributed by atoms with E-state index in [4.69, 9.17) is 0 Å². The number of rotatable bonds is 4. The van der Waals surface area contributed by atoms with E-state index >= 15 is 0 Å².